The minimum Gasteiger partial charge on any atom is -0.493 e. The number of hydrogen-bond donors (Lipinski definition) is 1. The van der Waals surface area contributed by atoms with Gasteiger partial charge in [0.15, 0.2) is 17.6 Å². The van der Waals surface area contributed by atoms with Gasteiger partial charge in [-0.15, -0.1) is 0 Å². The van der Waals surface area contributed by atoms with Crippen LogP contribution >= 0.6 is 11.6 Å². The Morgan fingerprint density at radius 2 is 1.93 bits per heavy atom. The normalized spacial score (nSPS) is 11.8. The third kappa shape index (κ3) is 6.60. The van der Waals surface area contributed by atoms with E-state index in [1.807, 2.05) is 0 Å². The van der Waals surface area contributed by atoms with Crippen LogP contribution in [-0.2, 0) is 11.2 Å². The number of amides is 1. The summed E-state index contributed by atoms with van der Waals surface area (Å²) in [6.07, 6.45) is -0.281. The molecule has 0 radical (unpaired) electrons. The predicted octanol–water partition coefficient (Wildman–Crippen LogP) is 4.08. The van der Waals surface area contributed by atoms with Crippen LogP contribution in [0.3, 0.4) is 0 Å². The molecule has 2 aromatic carbocycles. The molecule has 1 unspecified atom stereocenters. The molecule has 146 valence electrons. The molecule has 1 N–H and O–H groups in total. The summed E-state index contributed by atoms with van der Waals surface area (Å²) in [6, 6.07) is 11.5. The maximum absolute atomic E-state index is 12.5. The second-order valence-corrected chi connectivity index (χ2v) is 6.06. The highest BCUT2D eigenvalue weighted by atomic mass is 35.5. The average Bonchev–Trinajstić information content (AvgIpc) is 2.61. The first kappa shape index (κ1) is 20.8. The Labute approximate surface area is 161 Å². The highest BCUT2D eigenvalue weighted by molar-refractivity contribution is 6.30. The molecule has 0 fully saturated rings. The van der Waals surface area contributed by atoms with Crippen LogP contribution < -0.4 is 19.5 Å². The van der Waals surface area contributed by atoms with Crippen molar-refractivity contribution >= 4 is 17.5 Å². The van der Waals surface area contributed by atoms with Crippen molar-refractivity contribution in [3.05, 3.63) is 53.1 Å². The van der Waals surface area contributed by atoms with E-state index in [0.29, 0.717) is 23.7 Å². The molecule has 0 bridgehead atoms. The number of alkyl halides is 2. The van der Waals surface area contributed by atoms with Crippen molar-refractivity contribution in [1.29, 1.82) is 0 Å². The Kier molecular flexibility index (Phi) is 7.67. The summed E-state index contributed by atoms with van der Waals surface area (Å²) in [5, 5.41) is 3.25. The fourth-order valence-electron chi connectivity index (χ4n) is 2.34. The molecule has 0 heterocycles. The van der Waals surface area contributed by atoms with Crippen LogP contribution in [0.15, 0.2) is 42.5 Å². The van der Waals surface area contributed by atoms with Crippen LogP contribution in [0.4, 0.5) is 8.78 Å². The number of ether oxygens (including phenoxy) is 3. The lowest BCUT2D eigenvalue weighted by Crippen LogP contribution is -2.37. The minimum atomic E-state index is -2.95. The van der Waals surface area contributed by atoms with Crippen LogP contribution in [0.2, 0.25) is 5.02 Å². The molecule has 1 amide bonds. The van der Waals surface area contributed by atoms with Gasteiger partial charge < -0.3 is 19.5 Å². The number of halogens is 3. The molecule has 0 aromatic heterocycles. The third-order valence-corrected chi connectivity index (χ3v) is 3.87. The summed E-state index contributed by atoms with van der Waals surface area (Å²) >= 11 is 5.88. The monoisotopic (exact) mass is 399 g/mol. The van der Waals surface area contributed by atoms with E-state index in [0.717, 1.165) is 5.56 Å². The summed E-state index contributed by atoms with van der Waals surface area (Å²) in [5.41, 5.74) is 0.718. The zero-order chi connectivity index (χ0) is 19.8. The van der Waals surface area contributed by atoms with Gasteiger partial charge in [0.1, 0.15) is 5.75 Å². The standard InChI is InChI=1S/C19H20ClF2NO4/c1-12(26-15-5-3-4-14(20)11-15)18(24)23-9-8-13-6-7-16(25-2)17(10-13)27-19(21)22/h3-7,10-12,19H,8-9H2,1-2H3,(H,23,24). The molecule has 0 aliphatic carbocycles. The Hall–Kier alpha value is -2.54. The highest BCUT2D eigenvalue weighted by Crippen LogP contribution is 2.29. The second-order valence-electron chi connectivity index (χ2n) is 5.62. The van der Waals surface area contributed by atoms with E-state index in [4.69, 9.17) is 21.1 Å². The smallest absolute Gasteiger partial charge is 0.387 e. The van der Waals surface area contributed by atoms with Gasteiger partial charge in [-0.3, -0.25) is 4.79 Å². The lowest BCUT2D eigenvalue weighted by molar-refractivity contribution is -0.127. The minimum absolute atomic E-state index is 0.0472. The van der Waals surface area contributed by atoms with Crippen molar-refractivity contribution in [1.82, 2.24) is 5.32 Å². The first-order valence-corrected chi connectivity index (χ1v) is 8.58. The molecular formula is C19H20ClF2NO4. The van der Waals surface area contributed by atoms with E-state index in [-0.39, 0.29) is 17.4 Å². The second kappa shape index (κ2) is 9.97. The van der Waals surface area contributed by atoms with E-state index in [1.165, 1.54) is 13.2 Å². The molecule has 2 rings (SSSR count). The van der Waals surface area contributed by atoms with Gasteiger partial charge in [0.25, 0.3) is 5.91 Å². The van der Waals surface area contributed by atoms with Crippen molar-refractivity contribution in [3.8, 4) is 17.2 Å². The van der Waals surface area contributed by atoms with E-state index in [2.05, 4.69) is 10.1 Å². The zero-order valence-corrected chi connectivity index (χ0v) is 15.6. The highest BCUT2D eigenvalue weighted by Gasteiger charge is 2.15. The first-order valence-electron chi connectivity index (χ1n) is 8.20. The van der Waals surface area contributed by atoms with Crippen LogP contribution in [0.25, 0.3) is 0 Å². The van der Waals surface area contributed by atoms with Gasteiger partial charge >= 0.3 is 6.61 Å². The fraction of sp³-hybridized carbons (Fsp3) is 0.316. The molecule has 0 aliphatic rings. The van der Waals surface area contributed by atoms with Gasteiger partial charge in [-0.25, -0.2) is 0 Å². The molecule has 2 aromatic rings. The maximum atomic E-state index is 12.5. The Morgan fingerprint density at radius 1 is 1.15 bits per heavy atom. The van der Waals surface area contributed by atoms with Crippen molar-refractivity contribution in [2.75, 3.05) is 13.7 Å². The number of carbonyl (C=O) groups is 1. The first-order chi connectivity index (χ1) is 12.9. The molecule has 27 heavy (non-hydrogen) atoms. The molecule has 0 saturated heterocycles. The van der Waals surface area contributed by atoms with Crippen LogP contribution in [0.1, 0.15) is 12.5 Å². The molecule has 0 aliphatic heterocycles. The Morgan fingerprint density at radius 3 is 2.59 bits per heavy atom. The SMILES string of the molecule is COc1ccc(CCNC(=O)C(C)Oc2cccc(Cl)c2)cc1OC(F)F. The van der Waals surface area contributed by atoms with Gasteiger partial charge in [0.05, 0.1) is 7.11 Å². The van der Waals surface area contributed by atoms with Gasteiger partial charge in [-0.2, -0.15) is 8.78 Å². The number of benzene rings is 2. The van der Waals surface area contributed by atoms with E-state index in [1.54, 1.807) is 43.3 Å². The number of nitrogens with one attached hydrogen (secondary N) is 1. The number of carbonyl (C=O) groups excluding carboxylic acids is 1. The van der Waals surface area contributed by atoms with Crippen molar-refractivity contribution < 1.29 is 27.8 Å². The van der Waals surface area contributed by atoms with Crippen molar-refractivity contribution in [3.63, 3.8) is 0 Å². The van der Waals surface area contributed by atoms with E-state index < -0.39 is 12.7 Å². The summed E-state index contributed by atoms with van der Waals surface area (Å²) < 4.78 is 39.9. The Balaban J connectivity index is 1.86. The number of rotatable bonds is 9. The molecular weight excluding hydrogens is 380 g/mol. The largest absolute Gasteiger partial charge is 0.493 e. The van der Waals surface area contributed by atoms with Gasteiger partial charge in [0.2, 0.25) is 0 Å². The molecule has 1 atom stereocenters. The topological polar surface area (TPSA) is 56.8 Å². The predicted molar refractivity (Wildman–Crippen MR) is 97.9 cm³/mol. The molecule has 0 saturated carbocycles. The Bertz CT molecular complexity index is 773. The van der Waals surface area contributed by atoms with Crippen LogP contribution in [0.5, 0.6) is 17.2 Å². The fourth-order valence-corrected chi connectivity index (χ4v) is 2.52. The zero-order valence-electron chi connectivity index (χ0n) is 14.9. The number of methoxy groups -OCH3 is 1. The summed E-state index contributed by atoms with van der Waals surface area (Å²) in [4.78, 5) is 12.1. The summed E-state index contributed by atoms with van der Waals surface area (Å²) in [6.45, 7) is -1.01. The van der Waals surface area contributed by atoms with Gasteiger partial charge in [0, 0.05) is 11.6 Å². The number of hydrogen-bond acceptors (Lipinski definition) is 4. The maximum Gasteiger partial charge on any atom is 0.387 e. The van der Waals surface area contributed by atoms with E-state index >= 15 is 0 Å². The molecule has 8 heteroatoms. The lowest BCUT2D eigenvalue weighted by atomic mass is 10.1. The van der Waals surface area contributed by atoms with Gasteiger partial charge in [-0.05, 0) is 49.2 Å². The van der Waals surface area contributed by atoms with Crippen LogP contribution in [0, 0.1) is 0 Å². The van der Waals surface area contributed by atoms with Crippen molar-refractivity contribution in [2.24, 2.45) is 0 Å². The van der Waals surface area contributed by atoms with Crippen molar-refractivity contribution in [2.45, 2.75) is 26.1 Å². The third-order valence-electron chi connectivity index (χ3n) is 3.64. The molecule has 5 nitrogen and oxygen atoms in total. The summed E-state index contributed by atoms with van der Waals surface area (Å²) in [5.74, 6) is 0.363. The molecule has 0 spiro atoms. The van der Waals surface area contributed by atoms with Gasteiger partial charge in [-0.1, -0.05) is 23.7 Å². The average molecular weight is 400 g/mol. The lowest BCUT2D eigenvalue weighted by Gasteiger charge is -2.15. The summed E-state index contributed by atoms with van der Waals surface area (Å²) in [7, 11) is 1.37. The van der Waals surface area contributed by atoms with Crippen LogP contribution in [-0.4, -0.2) is 32.3 Å². The quantitative estimate of drug-likeness (QED) is 0.690. The van der Waals surface area contributed by atoms with E-state index in [9.17, 15) is 13.6 Å².